The van der Waals surface area contributed by atoms with E-state index in [1.165, 1.54) is 14.7 Å². The lowest BCUT2D eigenvalue weighted by atomic mass is 9.79. The number of hydrogen-bond donors (Lipinski definition) is 0. The highest BCUT2D eigenvalue weighted by Crippen LogP contribution is 2.52. The molecule has 0 radical (unpaired) electrons. The highest BCUT2D eigenvalue weighted by Gasteiger charge is 2.72. The minimum atomic E-state index is -1.52. The molecular weight excluding hydrogens is 550 g/mol. The molecule has 4 aromatic rings. The molecule has 7 heteroatoms. The lowest BCUT2D eigenvalue weighted by molar-refractivity contribution is -0.165. The van der Waals surface area contributed by atoms with E-state index in [2.05, 4.69) is 0 Å². The van der Waals surface area contributed by atoms with Crippen molar-refractivity contribution in [2.24, 2.45) is 11.8 Å². The molecule has 7 rings (SSSR count). The van der Waals surface area contributed by atoms with E-state index in [-0.39, 0.29) is 24.9 Å². The van der Waals surface area contributed by atoms with Crippen LogP contribution in [0.25, 0.3) is 17.2 Å². The molecule has 0 aliphatic carbocycles. The van der Waals surface area contributed by atoms with E-state index >= 15 is 0 Å². The van der Waals surface area contributed by atoms with Gasteiger partial charge in [0.2, 0.25) is 23.6 Å². The molecule has 4 aromatic carbocycles. The molecule has 3 saturated heterocycles. The van der Waals surface area contributed by atoms with Gasteiger partial charge in [0.05, 0.1) is 23.6 Å². The van der Waals surface area contributed by atoms with Crippen molar-refractivity contribution in [2.75, 3.05) is 11.4 Å². The quantitative estimate of drug-likeness (QED) is 0.294. The number of amides is 4. The predicted octanol–water partition coefficient (Wildman–Crippen LogP) is 5.18. The fraction of sp³-hybridized carbons (Fsp3) is 0.189. The van der Waals surface area contributed by atoms with E-state index in [0.29, 0.717) is 5.69 Å². The lowest BCUT2D eigenvalue weighted by Crippen LogP contribution is -2.68. The van der Waals surface area contributed by atoms with E-state index in [9.17, 15) is 19.2 Å². The standard InChI is InChI=1S/C37H31N3O4/c1-37-33-32(34(42)39(35(33)43)29-15-9-4-10-16-29)30(22-19-25-11-5-2-6-12-25)40(37)31(41)24-38(36(37)44)23-26-17-20-28(21-18-26)27-13-7-3-8-14-27/h2-22,30,32-33H,23-24H2,1H3/b22-19+/t30-,32+,33-,37-/m1/s1. The summed E-state index contributed by atoms with van der Waals surface area (Å²) in [6.45, 7) is 1.75. The third-order valence-corrected chi connectivity index (χ3v) is 9.17. The summed E-state index contributed by atoms with van der Waals surface area (Å²) in [5.74, 6) is -3.35. The fourth-order valence-corrected chi connectivity index (χ4v) is 7.13. The molecule has 0 aromatic heterocycles. The first-order chi connectivity index (χ1) is 21.4. The number of anilines is 1. The zero-order chi connectivity index (χ0) is 30.4. The van der Waals surface area contributed by atoms with Crippen molar-refractivity contribution < 1.29 is 19.2 Å². The maximum atomic E-state index is 14.5. The molecule has 3 heterocycles. The van der Waals surface area contributed by atoms with Crippen molar-refractivity contribution in [1.82, 2.24) is 9.80 Å². The Morgan fingerprint density at radius 1 is 0.727 bits per heavy atom. The van der Waals surface area contributed by atoms with Crippen molar-refractivity contribution in [2.45, 2.75) is 25.0 Å². The topological polar surface area (TPSA) is 78.0 Å². The zero-order valence-electron chi connectivity index (χ0n) is 24.2. The molecule has 0 saturated carbocycles. The van der Waals surface area contributed by atoms with E-state index in [0.717, 1.165) is 22.3 Å². The normalized spacial score (nSPS) is 24.8. The van der Waals surface area contributed by atoms with E-state index in [1.807, 2.05) is 97.1 Å². The number of fused-ring (bicyclic) bond motifs is 3. The number of benzene rings is 4. The van der Waals surface area contributed by atoms with Gasteiger partial charge in [-0.1, -0.05) is 115 Å². The van der Waals surface area contributed by atoms with Gasteiger partial charge in [-0.3, -0.25) is 19.2 Å². The Morgan fingerprint density at radius 3 is 1.98 bits per heavy atom. The Balaban J connectivity index is 1.24. The highest BCUT2D eigenvalue weighted by molar-refractivity contribution is 6.25. The minimum Gasteiger partial charge on any atom is -0.327 e. The van der Waals surface area contributed by atoms with Crippen LogP contribution in [0.5, 0.6) is 0 Å². The summed E-state index contributed by atoms with van der Waals surface area (Å²) >= 11 is 0. The van der Waals surface area contributed by atoms with E-state index in [1.54, 1.807) is 37.3 Å². The van der Waals surface area contributed by atoms with Crippen LogP contribution in [0.4, 0.5) is 5.69 Å². The summed E-state index contributed by atoms with van der Waals surface area (Å²) in [4.78, 5) is 60.8. The third-order valence-electron chi connectivity index (χ3n) is 9.17. The number of para-hydroxylation sites is 1. The number of piperazine rings is 1. The molecule has 0 unspecified atom stereocenters. The number of carbonyl (C=O) groups excluding carboxylic acids is 4. The van der Waals surface area contributed by atoms with Gasteiger partial charge in [0.15, 0.2) is 0 Å². The van der Waals surface area contributed by atoms with Gasteiger partial charge < -0.3 is 9.80 Å². The average molecular weight is 582 g/mol. The van der Waals surface area contributed by atoms with Crippen LogP contribution in [0.2, 0.25) is 0 Å². The summed E-state index contributed by atoms with van der Waals surface area (Å²) in [6, 6.07) is 35.5. The summed E-state index contributed by atoms with van der Waals surface area (Å²) in [5, 5.41) is 0. The first kappa shape index (κ1) is 27.5. The number of rotatable bonds is 6. The largest absolute Gasteiger partial charge is 0.327 e. The second-order valence-corrected chi connectivity index (χ2v) is 11.7. The third kappa shape index (κ3) is 4.35. The van der Waals surface area contributed by atoms with Gasteiger partial charge in [0.1, 0.15) is 12.1 Å². The number of imide groups is 1. The maximum Gasteiger partial charge on any atom is 0.249 e. The molecular formula is C37H31N3O4. The van der Waals surface area contributed by atoms with E-state index < -0.39 is 35.2 Å². The molecule has 218 valence electrons. The van der Waals surface area contributed by atoms with Gasteiger partial charge in [0.25, 0.3) is 0 Å². The number of carbonyl (C=O) groups is 4. The van der Waals surface area contributed by atoms with Gasteiger partial charge in [-0.2, -0.15) is 0 Å². The maximum absolute atomic E-state index is 14.5. The van der Waals surface area contributed by atoms with Crippen molar-refractivity contribution in [1.29, 1.82) is 0 Å². The van der Waals surface area contributed by atoms with Gasteiger partial charge in [0, 0.05) is 6.54 Å². The van der Waals surface area contributed by atoms with Gasteiger partial charge in [-0.25, -0.2) is 4.90 Å². The highest BCUT2D eigenvalue weighted by atomic mass is 16.2. The van der Waals surface area contributed by atoms with Crippen LogP contribution in [0.15, 0.2) is 121 Å². The predicted molar refractivity (Wildman–Crippen MR) is 168 cm³/mol. The van der Waals surface area contributed by atoms with Gasteiger partial charge in [-0.05, 0) is 41.3 Å². The molecule has 7 nitrogen and oxygen atoms in total. The average Bonchev–Trinajstić information content (AvgIpc) is 3.49. The van der Waals surface area contributed by atoms with Crippen LogP contribution in [-0.4, -0.2) is 51.6 Å². The zero-order valence-corrected chi connectivity index (χ0v) is 24.2. The molecule has 0 bridgehead atoms. The fourth-order valence-electron chi connectivity index (χ4n) is 7.13. The smallest absolute Gasteiger partial charge is 0.249 e. The Kier molecular flexibility index (Phi) is 6.73. The van der Waals surface area contributed by atoms with Crippen LogP contribution in [-0.2, 0) is 25.7 Å². The van der Waals surface area contributed by atoms with Crippen molar-refractivity contribution in [3.05, 3.63) is 132 Å². The SMILES string of the molecule is C[C@@]12C(=O)N(Cc3ccc(-c4ccccc4)cc3)CC(=O)N1[C@H](/C=C/c1ccccc1)[C@@H]1C(=O)N(c3ccccc3)C(=O)[C@@H]12. The summed E-state index contributed by atoms with van der Waals surface area (Å²) < 4.78 is 0. The van der Waals surface area contributed by atoms with Gasteiger partial charge >= 0.3 is 0 Å². The van der Waals surface area contributed by atoms with Crippen LogP contribution in [0.3, 0.4) is 0 Å². The minimum absolute atomic E-state index is 0.130. The summed E-state index contributed by atoms with van der Waals surface area (Å²) in [7, 11) is 0. The van der Waals surface area contributed by atoms with Crippen molar-refractivity contribution in [3.63, 3.8) is 0 Å². The molecule has 0 spiro atoms. The molecule has 3 aliphatic heterocycles. The first-order valence-electron chi connectivity index (χ1n) is 14.8. The van der Waals surface area contributed by atoms with Gasteiger partial charge in [-0.15, -0.1) is 0 Å². The summed E-state index contributed by atoms with van der Waals surface area (Å²) in [5.41, 5.74) is 2.85. The van der Waals surface area contributed by atoms with Crippen molar-refractivity contribution >= 4 is 35.4 Å². The second kappa shape index (κ2) is 10.8. The molecule has 44 heavy (non-hydrogen) atoms. The molecule has 4 amide bonds. The van der Waals surface area contributed by atoms with Crippen LogP contribution >= 0.6 is 0 Å². The van der Waals surface area contributed by atoms with E-state index in [4.69, 9.17) is 0 Å². The molecule has 3 aliphatic rings. The monoisotopic (exact) mass is 581 g/mol. The number of hydrogen-bond acceptors (Lipinski definition) is 4. The Morgan fingerprint density at radius 2 is 1.32 bits per heavy atom. The lowest BCUT2D eigenvalue weighted by Gasteiger charge is -2.46. The molecule has 4 atom stereocenters. The molecule has 3 fully saturated rings. The van der Waals surface area contributed by atoms with Crippen molar-refractivity contribution in [3.8, 4) is 11.1 Å². The van der Waals surface area contributed by atoms with Crippen LogP contribution in [0.1, 0.15) is 18.1 Å². The second-order valence-electron chi connectivity index (χ2n) is 11.7. The Bertz CT molecular complexity index is 1770. The first-order valence-corrected chi connectivity index (χ1v) is 14.8. The molecule has 0 N–H and O–H groups in total. The van der Waals surface area contributed by atoms with Crippen LogP contribution in [0, 0.1) is 11.8 Å². The number of nitrogens with zero attached hydrogens (tertiary/aromatic N) is 3. The Hall–Kier alpha value is -5.30. The Labute approximate surface area is 256 Å². The van der Waals surface area contributed by atoms with Crippen LogP contribution < -0.4 is 4.90 Å². The summed E-state index contributed by atoms with van der Waals surface area (Å²) in [6.07, 6.45) is 3.66.